The van der Waals surface area contributed by atoms with E-state index < -0.39 is 15.9 Å². The number of hydrogen-bond acceptors (Lipinski definition) is 4. The van der Waals surface area contributed by atoms with Gasteiger partial charge in [-0.1, -0.05) is 23.7 Å². The van der Waals surface area contributed by atoms with Crippen LogP contribution in [-0.2, 0) is 10.0 Å². The van der Waals surface area contributed by atoms with Crippen molar-refractivity contribution in [1.82, 2.24) is 5.43 Å². The third kappa shape index (κ3) is 5.63. The molecule has 9 heteroatoms. The van der Waals surface area contributed by atoms with E-state index in [9.17, 15) is 17.6 Å². The molecule has 3 aromatic rings. The molecule has 0 heterocycles. The maximum absolute atomic E-state index is 12.8. The van der Waals surface area contributed by atoms with E-state index >= 15 is 0 Å². The fourth-order valence-corrected chi connectivity index (χ4v) is 3.48. The van der Waals surface area contributed by atoms with Crippen molar-refractivity contribution < 1.29 is 17.6 Å². The topological polar surface area (TPSA) is 87.6 Å². The van der Waals surface area contributed by atoms with E-state index in [0.717, 1.165) is 0 Å². The zero-order valence-corrected chi connectivity index (χ0v) is 16.4. The lowest BCUT2D eigenvalue weighted by atomic mass is 10.2. The molecule has 1 amide bonds. The van der Waals surface area contributed by atoms with Gasteiger partial charge in [0.25, 0.3) is 15.9 Å². The Bertz CT molecular complexity index is 1130. The smallest absolute Gasteiger partial charge is 0.271 e. The van der Waals surface area contributed by atoms with Crippen molar-refractivity contribution in [3.05, 3.63) is 94.8 Å². The zero-order chi connectivity index (χ0) is 20.9. The van der Waals surface area contributed by atoms with Crippen molar-refractivity contribution in [2.75, 3.05) is 4.72 Å². The van der Waals surface area contributed by atoms with Crippen LogP contribution >= 0.6 is 11.6 Å². The number of carbonyl (C=O) groups excluding carboxylic acids is 1. The standard InChI is InChI=1S/C20H15ClFN3O3S/c21-16-5-11-19(12-6-16)29(27,28)25-18-9-3-15(4-10-18)20(26)24-23-13-14-1-7-17(22)8-2-14/h1-13,25H,(H,24,26)/b23-13-. The molecule has 0 aliphatic rings. The predicted molar refractivity (Wildman–Crippen MR) is 110 cm³/mol. The normalized spacial score (nSPS) is 11.4. The molecule has 148 valence electrons. The van der Waals surface area contributed by atoms with Gasteiger partial charge < -0.3 is 0 Å². The van der Waals surface area contributed by atoms with Crippen molar-refractivity contribution in [3.63, 3.8) is 0 Å². The van der Waals surface area contributed by atoms with Crippen LogP contribution in [0, 0.1) is 5.82 Å². The molecular weight excluding hydrogens is 417 g/mol. The Kier molecular flexibility index (Phi) is 6.26. The average molecular weight is 432 g/mol. The van der Waals surface area contributed by atoms with Gasteiger partial charge in [-0.25, -0.2) is 18.2 Å². The van der Waals surface area contributed by atoms with Gasteiger partial charge in [0.2, 0.25) is 0 Å². The number of halogens is 2. The molecule has 0 radical (unpaired) electrons. The summed E-state index contributed by atoms with van der Waals surface area (Å²) in [6.07, 6.45) is 1.38. The van der Waals surface area contributed by atoms with Crippen LogP contribution in [0.4, 0.5) is 10.1 Å². The molecule has 0 aliphatic heterocycles. The van der Waals surface area contributed by atoms with Crippen molar-refractivity contribution in [2.45, 2.75) is 4.90 Å². The Morgan fingerprint density at radius 1 is 0.931 bits per heavy atom. The lowest BCUT2D eigenvalue weighted by molar-refractivity contribution is 0.0955. The number of nitrogens with one attached hydrogen (secondary N) is 2. The fraction of sp³-hybridized carbons (Fsp3) is 0. The summed E-state index contributed by atoms with van der Waals surface area (Å²) >= 11 is 5.77. The Balaban J connectivity index is 1.62. The Morgan fingerprint density at radius 3 is 2.17 bits per heavy atom. The van der Waals surface area contributed by atoms with Gasteiger partial charge in [-0.2, -0.15) is 5.10 Å². The summed E-state index contributed by atoms with van der Waals surface area (Å²) in [5.41, 5.74) is 3.56. The first-order valence-corrected chi connectivity index (χ1v) is 10.2. The highest BCUT2D eigenvalue weighted by molar-refractivity contribution is 7.92. The van der Waals surface area contributed by atoms with Crippen molar-refractivity contribution in [3.8, 4) is 0 Å². The Labute approximate surface area is 172 Å². The highest BCUT2D eigenvalue weighted by Crippen LogP contribution is 2.18. The van der Waals surface area contributed by atoms with Crippen LogP contribution < -0.4 is 10.1 Å². The average Bonchev–Trinajstić information content (AvgIpc) is 2.70. The predicted octanol–water partition coefficient (Wildman–Crippen LogP) is 4.04. The van der Waals surface area contributed by atoms with Gasteiger partial charge >= 0.3 is 0 Å². The number of anilines is 1. The number of hydrogen-bond donors (Lipinski definition) is 2. The summed E-state index contributed by atoms with van der Waals surface area (Å²) < 4.78 is 40.0. The summed E-state index contributed by atoms with van der Waals surface area (Å²) in [6, 6.07) is 17.2. The third-order valence-electron chi connectivity index (χ3n) is 3.77. The molecule has 0 fully saturated rings. The van der Waals surface area contributed by atoms with Crippen molar-refractivity contribution in [1.29, 1.82) is 0 Å². The lowest BCUT2D eigenvalue weighted by Crippen LogP contribution is -2.18. The SMILES string of the molecule is O=C(N/N=C\c1ccc(F)cc1)c1ccc(NS(=O)(=O)c2ccc(Cl)cc2)cc1. The molecule has 2 N–H and O–H groups in total. The van der Waals surface area contributed by atoms with E-state index in [4.69, 9.17) is 11.6 Å². The van der Waals surface area contributed by atoms with E-state index in [1.54, 1.807) is 0 Å². The number of rotatable bonds is 6. The molecule has 29 heavy (non-hydrogen) atoms. The summed E-state index contributed by atoms with van der Waals surface area (Å²) in [7, 11) is -3.77. The minimum Gasteiger partial charge on any atom is -0.280 e. The molecule has 0 spiro atoms. The zero-order valence-electron chi connectivity index (χ0n) is 14.8. The van der Waals surface area contributed by atoms with Crippen LogP contribution in [0.15, 0.2) is 82.8 Å². The first-order valence-electron chi connectivity index (χ1n) is 8.31. The second kappa shape index (κ2) is 8.85. The van der Waals surface area contributed by atoms with Crippen molar-refractivity contribution >= 4 is 39.4 Å². The molecule has 3 aromatic carbocycles. The van der Waals surface area contributed by atoms with E-state index in [0.29, 0.717) is 16.3 Å². The molecule has 0 unspecified atom stereocenters. The maximum atomic E-state index is 12.8. The number of hydrazone groups is 1. The minimum atomic E-state index is -3.77. The van der Waals surface area contributed by atoms with Crippen LogP contribution in [0.2, 0.25) is 5.02 Å². The summed E-state index contributed by atoms with van der Waals surface area (Å²) in [6.45, 7) is 0. The first kappa shape index (κ1) is 20.5. The molecule has 0 saturated heterocycles. The number of carbonyl (C=O) groups is 1. The maximum Gasteiger partial charge on any atom is 0.271 e. The van der Waals surface area contributed by atoms with Gasteiger partial charge in [0.15, 0.2) is 0 Å². The van der Waals surface area contributed by atoms with Gasteiger partial charge in [-0.15, -0.1) is 0 Å². The summed E-state index contributed by atoms with van der Waals surface area (Å²) in [5, 5.41) is 4.24. The van der Waals surface area contributed by atoms with Gasteiger partial charge in [-0.3, -0.25) is 9.52 Å². The Morgan fingerprint density at radius 2 is 1.55 bits per heavy atom. The quantitative estimate of drug-likeness (QED) is 0.456. The number of amides is 1. The molecule has 0 aromatic heterocycles. The van der Waals surface area contributed by atoms with Crippen LogP contribution in [0.5, 0.6) is 0 Å². The molecule has 6 nitrogen and oxygen atoms in total. The van der Waals surface area contributed by atoms with Gasteiger partial charge in [0.1, 0.15) is 5.82 Å². The fourth-order valence-electron chi connectivity index (χ4n) is 2.30. The number of benzene rings is 3. The van der Waals surface area contributed by atoms with Crippen LogP contribution in [0.25, 0.3) is 0 Å². The summed E-state index contributed by atoms with van der Waals surface area (Å²) in [4.78, 5) is 12.2. The number of sulfonamides is 1. The largest absolute Gasteiger partial charge is 0.280 e. The highest BCUT2D eigenvalue weighted by Gasteiger charge is 2.14. The minimum absolute atomic E-state index is 0.0684. The first-order chi connectivity index (χ1) is 13.8. The Hall–Kier alpha value is -3.23. The summed E-state index contributed by atoms with van der Waals surface area (Å²) in [5.74, 6) is -0.839. The molecular formula is C20H15ClFN3O3S. The molecule has 3 rings (SSSR count). The van der Waals surface area contributed by atoms with Gasteiger partial charge in [0.05, 0.1) is 11.1 Å². The monoisotopic (exact) mass is 431 g/mol. The highest BCUT2D eigenvalue weighted by atomic mass is 35.5. The van der Waals surface area contributed by atoms with Gasteiger partial charge in [-0.05, 0) is 66.2 Å². The molecule has 0 bridgehead atoms. The van der Waals surface area contributed by atoms with E-state index in [-0.39, 0.29) is 16.3 Å². The second-order valence-electron chi connectivity index (χ2n) is 5.89. The van der Waals surface area contributed by atoms with E-state index in [1.807, 2.05) is 0 Å². The van der Waals surface area contributed by atoms with E-state index in [1.165, 1.54) is 79.0 Å². The number of nitrogens with zero attached hydrogens (tertiary/aromatic N) is 1. The second-order valence-corrected chi connectivity index (χ2v) is 8.01. The van der Waals surface area contributed by atoms with Crippen LogP contribution in [0.1, 0.15) is 15.9 Å². The van der Waals surface area contributed by atoms with Gasteiger partial charge in [0, 0.05) is 16.3 Å². The lowest BCUT2D eigenvalue weighted by Gasteiger charge is -2.08. The van der Waals surface area contributed by atoms with Crippen LogP contribution in [-0.4, -0.2) is 20.5 Å². The molecule has 0 atom stereocenters. The van der Waals surface area contributed by atoms with Crippen LogP contribution in [0.3, 0.4) is 0 Å². The molecule has 0 aliphatic carbocycles. The third-order valence-corrected chi connectivity index (χ3v) is 5.42. The molecule has 0 saturated carbocycles. The van der Waals surface area contributed by atoms with E-state index in [2.05, 4.69) is 15.2 Å². The van der Waals surface area contributed by atoms with Crippen molar-refractivity contribution in [2.24, 2.45) is 5.10 Å².